The van der Waals surface area contributed by atoms with E-state index < -0.39 is 0 Å². The van der Waals surface area contributed by atoms with Crippen molar-refractivity contribution < 1.29 is 14.3 Å². The molecule has 4 rings (SSSR count). The van der Waals surface area contributed by atoms with Crippen LogP contribution in [-0.4, -0.2) is 45.5 Å². The summed E-state index contributed by atoms with van der Waals surface area (Å²) in [6, 6.07) is 12.9. The van der Waals surface area contributed by atoms with Crippen LogP contribution in [0.4, 0.5) is 0 Å². The molecule has 0 radical (unpaired) electrons. The SMILES string of the molecule is N[C@H]1C[C@H](Oc2nc(Cl)nc(OCC(=O)c3ccc4ccccc4c3)n2)[C@@H](N)C1. The quantitative estimate of drug-likeness (QED) is 0.588. The number of fused-ring (bicyclic) bond motifs is 1. The third-order valence-electron chi connectivity index (χ3n) is 4.82. The fourth-order valence-corrected chi connectivity index (χ4v) is 3.49. The highest BCUT2D eigenvalue weighted by molar-refractivity contribution is 6.28. The molecule has 150 valence electrons. The molecule has 1 aromatic heterocycles. The summed E-state index contributed by atoms with van der Waals surface area (Å²) < 4.78 is 11.1. The second-order valence-electron chi connectivity index (χ2n) is 7.00. The van der Waals surface area contributed by atoms with Gasteiger partial charge in [0, 0.05) is 24.1 Å². The average molecular weight is 414 g/mol. The molecule has 1 heterocycles. The van der Waals surface area contributed by atoms with E-state index in [-0.39, 0.29) is 47.9 Å². The minimum atomic E-state index is -0.310. The highest BCUT2D eigenvalue weighted by Gasteiger charge is 2.32. The van der Waals surface area contributed by atoms with E-state index in [1.165, 1.54) is 0 Å². The Kier molecular flexibility index (Phi) is 5.57. The molecule has 29 heavy (non-hydrogen) atoms. The standard InChI is InChI=1S/C20H20ClN5O3/c21-18-24-19(26-20(25-18)29-17-9-14(22)8-15(17)23)28-10-16(27)13-6-5-11-3-1-2-4-12(11)7-13/h1-7,14-15,17H,8-10,22-23H2/t14-,15+,17+/m1/s1. The predicted molar refractivity (Wildman–Crippen MR) is 108 cm³/mol. The van der Waals surface area contributed by atoms with Gasteiger partial charge in [-0.3, -0.25) is 4.79 Å². The number of hydrogen-bond acceptors (Lipinski definition) is 8. The third kappa shape index (κ3) is 4.61. The molecular weight excluding hydrogens is 394 g/mol. The Labute approximate surface area is 172 Å². The van der Waals surface area contributed by atoms with Crippen molar-refractivity contribution in [1.29, 1.82) is 0 Å². The smallest absolute Gasteiger partial charge is 0.324 e. The molecule has 0 spiro atoms. The van der Waals surface area contributed by atoms with Crippen molar-refractivity contribution in [2.45, 2.75) is 31.0 Å². The van der Waals surface area contributed by atoms with Crippen molar-refractivity contribution in [2.24, 2.45) is 11.5 Å². The fourth-order valence-electron chi connectivity index (χ4n) is 3.35. The molecule has 1 saturated carbocycles. The number of halogens is 1. The number of nitrogens with two attached hydrogens (primary N) is 2. The van der Waals surface area contributed by atoms with Crippen LogP contribution in [-0.2, 0) is 0 Å². The van der Waals surface area contributed by atoms with Gasteiger partial charge >= 0.3 is 12.0 Å². The summed E-state index contributed by atoms with van der Waals surface area (Å²) in [6.07, 6.45) is 0.948. The van der Waals surface area contributed by atoms with Crippen LogP contribution in [0, 0.1) is 0 Å². The lowest BCUT2D eigenvalue weighted by Crippen LogP contribution is -2.34. The number of carbonyl (C=O) groups is 1. The van der Waals surface area contributed by atoms with Gasteiger partial charge in [0.15, 0.2) is 12.4 Å². The zero-order valence-electron chi connectivity index (χ0n) is 15.5. The Balaban J connectivity index is 1.43. The topological polar surface area (TPSA) is 126 Å². The number of nitrogens with zero attached hydrogens (tertiary/aromatic N) is 3. The number of benzene rings is 2. The molecule has 0 bridgehead atoms. The first kappa shape index (κ1) is 19.5. The van der Waals surface area contributed by atoms with Crippen LogP contribution in [0.3, 0.4) is 0 Å². The molecule has 3 aromatic rings. The summed E-state index contributed by atoms with van der Waals surface area (Å²) in [5.74, 6) is -0.210. The lowest BCUT2D eigenvalue weighted by Gasteiger charge is -2.16. The Hall–Kier alpha value is -2.81. The Morgan fingerprint density at radius 3 is 2.55 bits per heavy atom. The number of ketones is 1. The number of hydrogen-bond donors (Lipinski definition) is 2. The minimum Gasteiger partial charge on any atom is -0.458 e. The first-order valence-electron chi connectivity index (χ1n) is 9.22. The van der Waals surface area contributed by atoms with E-state index >= 15 is 0 Å². The third-order valence-corrected chi connectivity index (χ3v) is 4.98. The van der Waals surface area contributed by atoms with Gasteiger partial charge in [-0.2, -0.15) is 9.97 Å². The molecule has 1 aliphatic rings. The number of Topliss-reactive ketones (excluding diaryl/α,β-unsaturated/α-hetero) is 1. The van der Waals surface area contributed by atoms with Crippen molar-refractivity contribution in [3.8, 4) is 12.0 Å². The average Bonchev–Trinajstić information content (AvgIpc) is 3.02. The van der Waals surface area contributed by atoms with Crippen molar-refractivity contribution >= 4 is 28.2 Å². The zero-order chi connectivity index (χ0) is 20.4. The van der Waals surface area contributed by atoms with E-state index in [2.05, 4.69) is 15.0 Å². The van der Waals surface area contributed by atoms with Crippen LogP contribution in [0.25, 0.3) is 10.8 Å². The molecule has 0 saturated heterocycles. The predicted octanol–water partition coefficient (Wildman–Crippen LogP) is 2.14. The van der Waals surface area contributed by atoms with Crippen LogP contribution in [0.1, 0.15) is 23.2 Å². The normalized spacial score (nSPS) is 21.3. The van der Waals surface area contributed by atoms with E-state index in [9.17, 15) is 4.79 Å². The maximum Gasteiger partial charge on any atom is 0.324 e. The van der Waals surface area contributed by atoms with Crippen LogP contribution >= 0.6 is 11.6 Å². The highest BCUT2D eigenvalue weighted by atomic mass is 35.5. The summed E-state index contributed by atoms with van der Waals surface area (Å²) in [5, 5.41) is 1.93. The fraction of sp³-hybridized carbons (Fsp3) is 0.300. The highest BCUT2D eigenvalue weighted by Crippen LogP contribution is 2.23. The van der Waals surface area contributed by atoms with Crippen LogP contribution < -0.4 is 20.9 Å². The minimum absolute atomic E-state index is 0.00676. The zero-order valence-corrected chi connectivity index (χ0v) is 16.2. The molecule has 0 unspecified atom stereocenters. The summed E-state index contributed by atoms with van der Waals surface area (Å²) >= 11 is 5.94. The van der Waals surface area contributed by atoms with E-state index in [4.69, 9.17) is 32.5 Å². The molecule has 3 atom stereocenters. The molecule has 8 nitrogen and oxygen atoms in total. The van der Waals surface area contributed by atoms with Crippen molar-refractivity contribution in [3.63, 3.8) is 0 Å². The molecule has 1 fully saturated rings. The van der Waals surface area contributed by atoms with Gasteiger partial charge in [-0.1, -0.05) is 36.4 Å². The second kappa shape index (κ2) is 8.28. The maximum atomic E-state index is 12.5. The Bertz CT molecular complexity index is 1050. The van der Waals surface area contributed by atoms with Gasteiger partial charge in [0.05, 0.1) is 0 Å². The molecule has 0 amide bonds. The van der Waals surface area contributed by atoms with E-state index in [0.717, 1.165) is 10.8 Å². The van der Waals surface area contributed by atoms with Gasteiger partial charge in [0.1, 0.15) is 6.10 Å². The summed E-state index contributed by atoms with van der Waals surface area (Å²) in [5.41, 5.74) is 12.4. The van der Waals surface area contributed by atoms with Crippen LogP contribution in [0.5, 0.6) is 12.0 Å². The molecule has 0 aliphatic heterocycles. The molecule has 4 N–H and O–H groups in total. The number of carbonyl (C=O) groups excluding carboxylic acids is 1. The number of rotatable bonds is 6. The largest absolute Gasteiger partial charge is 0.458 e. The monoisotopic (exact) mass is 413 g/mol. The molecular formula is C20H20ClN5O3. The lowest BCUT2D eigenvalue weighted by molar-refractivity contribution is 0.0911. The molecule has 2 aromatic carbocycles. The molecule has 1 aliphatic carbocycles. The van der Waals surface area contributed by atoms with E-state index in [0.29, 0.717) is 18.4 Å². The lowest BCUT2D eigenvalue weighted by atomic mass is 10.0. The van der Waals surface area contributed by atoms with Gasteiger partial charge < -0.3 is 20.9 Å². The summed E-state index contributed by atoms with van der Waals surface area (Å²) in [6.45, 7) is -0.244. The van der Waals surface area contributed by atoms with Crippen LogP contribution in [0.15, 0.2) is 42.5 Å². The summed E-state index contributed by atoms with van der Waals surface area (Å²) in [4.78, 5) is 24.4. The van der Waals surface area contributed by atoms with Crippen LogP contribution in [0.2, 0.25) is 5.28 Å². The Morgan fingerprint density at radius 1 is 1.03 bits per heavy atom. The van der Waals surface area contributed by atoms with Gasteiger partial charge in [-0.05, 0) is 34.9 Å². The van der Waals surface area contributed by atoms with Crippen molar-refractivity contribution in [1.82, 2.24) is 15.0 Å². The van der Waals surface area contributed by atoms with E-state index in [1.807, 2.05) is 36.4 Å². The number of ether oxygens (including phenoxy) is 2. The Morgan fingerprint density at radius 2 is 1.79 bits per heavy atom. The van der Waals surface area contributed by atoms with Crippen molar-refractivity contribution in [3.05, 3.63) is 53.3 Å². The van der Waals surface area contributed by atoms with Gasteiger partial charge in [0.2, 0.25) is 5.28 Å². The van der Waals surface area contributed by atoms with Crippen molar-refractivity contribution in [2.75, 3.05) is 6.61 Å². The first-order valence-corrected chi connectivity index (χ1v) is 9.60. The number of aromatic nitrogens is 3. The van der Waals surface area contributed by atoms with Gasteiger partial charge in [-0.25, -0.2) is 0 Å². The van der Waals surface area contributed by atoms with E-state index in [1.54, 1.807) is 6.07 Å². The molecule has 9 heteroatoms. The first-order chi connectivity index (χ1) is 14.0. The summed E-state index contributed by atoms with van der Waals surface area (Å²) in [7, 11) is 0. The van der Waals surface area contributed by atoms with Gasteiger partial charge in [-0.15, -0.1) is 4.98 Å². The maximum absolute atomic E-state index is 12.5. The van der Waals surface area contributed by atoms with Gasteiger partial charge in [0.25, 0.3) is 0 Å². The second-order valence-corrected chi connectivity index (χ2v) is 7.33.